The van der Waals surface area contributed by atoms with Crippen LogP contribution in [0.1, 0.15) is 29.0 Å². The maximum Gasteiger partial charge on any atom is 0.326 e. The normalized spacial score (nSPS) is 19.7. The molecule has 1 fully saturated rings. The summed E-state index contributed by atoms with van der Waals surface area (Å²) in [7, 11) is -2.61. The number of ether oxygens (including phenoxy) is 1. The summed E-state index contributed by atoms with van der Waals surface area (Å²) in [6.07, 6.45) is 1.35. The van der Waals surface area contributed by atoms with Gasteiger partial charge in [0.15, 0.2) is 0 Å². The molecule has 0 aliphatic carbocycles. The Bertz CT molecular complexity index is 719. The summed E-state index contributed by atoms with van der Waals surface area (Å²) in [5, 5.41) is 11.4. The number of carbonyl (C=O) groups is 2. The monoisotopic (exact) mass is 360 g/mol. The maximum atomic E-state index is 12.4. The van der Waals surface area contributed by atoms with E-state index in [1.54, 1.807) is 0 Å². The van der Waals surface area contributed by atoms with E-state index >= 15 is 0 Å². The van der Waals surface area contributed by atoms with Crippen LogP contribution in [0.2, 0.25) is 0 Å². The lowest BCUT2D eigenvalue weighted by Gasteiger charge is -2.28. The lowest BCUT2D eigenvalue weighted by Crippen LogP contribution is -2.48. The van der Waals surface area contributed by atoms with E-state index in [-0.39, 0.29) is 23.8 Å². The lowest BCUT2D eigenvalue weighted by atomic mass is 9.93. The molecule has 9 nitrogen and oxygen atoms in total. The van der Waals surface area contributed by atoms with Crippen LogP contribution in [-0.2, 0) is 19.6 Å². The second kappa shape index (κ2) is 7.32. The minimum absolute atomic E-state index is 0.0215. The number of hydrogen-bond acceptors (Lipinski definition) is 6. The van der Waals surface area contributed by atoms with Gasteiger partial charge in [-0.05, 0) is 26.8 Å². The van der Waals surface area contributed by atoms with Gasteiger partial charge in [0.25, 0.3) is 15.9 Å². The first kappa shape index (κ1) is 18.4. The number of furan rings is 1. The van der Waals surface area contributed by atoms with Gasteiger partial charge in [0, 0.05) is 18.6 Å². The van der Waals surface area contributed by atoms with Gasteiger partial charge in [-0.2, -0.15) is 0 Å². The van der Waals surface area contributed by atoms with Crippen LogP contribution in [0.5, 0.6) is 0 Å². The minimum atomic E-state index is -3.83. The van der Waals surface area contributed by atoms with Crippen molar-refractivity contribution in [3.8, 4) is 0 Å². The van der Waals surface area contributed by atoms with Crippen molar-refractivity contribution in [2.24, 2.45) is 5.92 Å². The zero-order valence-corrected chi connectivity index (χ0v) is 14.2. The van der Waals surface area contributed by atoms with Gasteiger partial charge >= 0.3 is 5.97 Å². The molecule has 1 saturated heterocycles. The summed E-state index contributed by atoms with van der Waals surface area (Å²) in [6, 6.07) is -0.0382. The fraction of sp³-hybridized carbons (Fsp3) is 0.571. The first-order valence-electron chi connectivity index (χ1n) is 7.41. The maximum absolute atomic E-state index is 12.4. The smallest absolute Gasteiger partial charge is 0.326 e. The van der Waals surface area contributed by atoms with Crippen LogP contribution < -0.4 is 10.0 Å². The Balaban J connectivity index is 2.20. The number of nitrogens with one attached hydrogen (secondary N) is 2. The van der Waals surface area contributed by atoms with Crippen LogP contribution in [0, 0.1) is 12.8 Å². The Morgan fingerprint density at radius 1 is 1.42 bits per heavy atom. The molecule has 1 aliphatic heterocycles. The van der Waals surface area contributed by atoms with Gasteiger partial charge in [0.2, 0.25) is 5.09 Å². The molecule has 134 valence electrons. The highest BCUT2D eigenvalue weighted by Gasteiger charge is 2.33. The molecule has 2 unspecified atom stereocenters. The van der Waals surface area contributed by atoms with Crippen LogP contribution in [0.4, 0.5) is 0 Å². The van der Waals surface area contributed by atoms with Gasteiger partial charge in [0.05, 0.1) is 12.2 Å². The number of rotatable bonds is 6. The molecular formula is C14H20N2O7S. The van der Waals surface area contributed by atoms with Crippen LogP contribution in [0.25, 0.3) is 0 Å². The van der Waals surface area contributed by atoms with Crippen LogP contribution in [-0.4, -0.2) is 51.7 Å². The van der Waals surface area contributed by atoms with Crippen molar-refractivity contribution in [2.45, 2.75) is 30.9 Å². The number of hydrogen-bond donors (Lipinski definition) is 3. The van der Waals surface area contributed by atoms with Crippen molar-refractivity contribution < 1.29 is 32.3 Å². The number of carboxylic acid groups (broad SMARTS) is 1. The van der Waals surface area contributed by atoms with Gasteiger partial charge in [0.1, 0.15) is 11.8 Å². The molecule has 3 N–H and O–H groups in total. The van der Waals surface area contributed by atoms with Crippen molar-refractivity contribution >= 4 is 21.9 Å². The predicted octanol–water partition coefficient (Wildman–Crippen LogP) is 0.106. The molecule has 2 atom stereocenters. The molecule has 2 heterocycles. The molecule has 0 spiro atoms. The molecule has 1 amide bonds. The van der Waals surface area contributed by atoms with E-state index in [1.807, 2.05) is 0 Å². The molecule has 0 saturated carbocycles. The van der Waals surface area contributed by atoms with Crippen LogP contribution in [0.3, 0.4) is 0 Å². The van der Waals surface area contributed by atoms with E-state index in [0.717, 1.165) is 12.5 Å². The average molecular weight is 360 g/mol. The van der Waals surface area contributed by atoms with Crippen molar-refractivity contribution in [3.05, 3.63) is 17.4 Å². The molecule has 0 aromatic carbocycles. The van der Waals surface area contributed by atoms with E-state index in [1.165, 1.54) is 14.0 Å². The first-order chi connectivity index (χ1) is 11.3. The third kappa shape index (κ3) is 3.94. The Kier molecular flexibility index (Phi) is 5.62. The van der Waals surface area contributed by atoms with Crippen molar-refractivity contribution in [1.29, 1.82) is 0 Å². The van der Waals surface area contributed by atoms with E-state index < -0.39 is 33.0 Å². The average Bonchev–Trinajstić information content (AvgIpc) is 2.95. The number of amides is 1. The fourth-order valence-corrected chi connectivity index (χ4v) is 3.25. The first-order valence-corrected chi connectivity index (χ1v) is 8.90. The van der Waals surface area contributed by atoms with Gasteiger partial charge in [-0.15, -0.1) is 0 Å². The number of aryl methyl sites for hydroxylation is 1. The van der Waals surface area contributed by atoms with Crippen molar-refractivity contribution in [3.63, 3.8) is 0 Å². The van der Waals surface area contributed by atoms with Crippen molar-refractivity contribution in [2.75, 3.05) is 20.3 Å². The summed E-state index contributed by atoms with van der Waals surface area (Å²) in [6.45, 7) is 2.26. The molecule has 1 aromatic rings. The summed E-state index contributed by atoms with van der Waals surface area (Å²) in [5.41, 5.74) is -0.0215. The second-order valence-electron chi connectivity index (χ2n) is 5.51. The molecular weight excluding hydrogens is 340 g/mol. The third-order valence-corrected chi connectivity index (χ3v) is 5.16. The molecule has 2 rings (SSSR count). The zero-order valence-electron chi connectivity index (χ0n) is 13.4. The highest BCUT2D eigenvalue weighted by Crippen LogP contribution is 2.21. The lowest BCUT2D eigenvalue weighted by molar-refractivity contribution is -0.142. The Morgan fingerprint density at radius 2 is 2.12 bits per heavy atom. The number of carboxylic acids is 1. The number of sulfonamides is 1. The summed E-state index contributed by atoms with van der Waals surface area (Å²) in [4.78, 5) is 23.8. The Labute approximate surface area is 139 Å². The standard InChI is InChI=1S/C14H20N2O7S/c1-8-10(6-11(23-8)24(20,21)15-2)13(17)16-12(14(18)19)9-4-3-5-22-7-9/h6,9,12,15H,3-5,7H2,1-2H3,(H,16,17)(H,18,19). The molecule has 0 bridgehead atoms. The van der Waals surface area contributed by atoms with E-state index in [4.69, 9.17) is 9.15 Å². The van der Waals surface area contributed by atoms with E-state index in [2.05, 4.69) is 10.0 Å². The number of carbonyl (C=O) groups excluding carboxylic acids is 1. The van der Waals surface area contributed by atoms with Gasteiger partial charge in [-0.25, -0.2) is 17.9 Å². The SMILES string of the molecule is CNS(=O)(=O)c1cc(C(=O)NC(C(=O)O)C2CCCOC2)c(C)o1. The highest BCUT2D eigenvalue weighted by atomic mass is 32.2. The molecule has 1 aliphatic rings. The van der Waals surface area contributed by atoms with Gasteiger partial charge in [-0.1, -0.05) is 0 Å². The van der Waals surface area contributed by atoms with Gasteiger partial charge in [-0.3, -0.25) is 4.79 Å². The molecule has 24 heavy (non-hydrogen) atoms. The van der Waals surface area contributed by atoms with E-state index in [9.17, 15) is 23.1 Å². The predicted molar refractivity (Wildman–Crippen MR) is 82.1 cm³/mol. The minimum Gasteiger partial charge on any atom is -0.480 e. The summed E-state index contributed by atoms with van der Waals surface area (Å²) in [5.74, 6) is -2.12. The van der Waals surface area contributed by atoms with Crippen molar-refractivity contribution in [1.82, 2.24) is 10.0 Å². The molecule has 0 radical (unpaired) electrons. The fourth-order valence-electron chi connectivity index (χ4n) is 2.54. The summed E-state index contributed by atoms with van der Waals surface area (Å²) < 4.78 is 35.9. The second-order valence-corrected chi connectivity index (χ2v) is 7.33. The van der Waals surface area contributed by atoms with Crippen LogP contribution in [0.15, 0.2) is 15.6 Å². The van der Waals surface area contributed by atoms with E-state index in [0.29, 0.717) is 13.0 Å². The Morgan fingerprint density at radius 3 is 2.67 bits per heavy atom. The highest BCUT2D eigenvalue weighted by molar-refractivity contribution is 7.89. The summed E-state index contributed by atoms with van der Waals surface area (Å²) >= 11 is 0. The Hall–Kier alpha value is -1.91. The topological polar surface area (TPSA) is 135 Å². The third-order valence-electron chi connectivity index (χ3n) is 3.89. The van der Waals surface area contributed by atoms with Gasteiger partial charge < -0.3 is 19.6 Å². The number of aliphatic carboxylic acids is 1. The molecule has 1 aromatic heterocycles. The molecule has 10 heteroatoms. The zero-order chi connectivity index (χ0) is 17.9. The largest absolute Gasteiger partial charge is 0.480 e. The van der Waals surface area contributed by atoms with Crippen LogP contribution >= 0.6 is 0 Å². The quantitative estimate of drug-likeness (QED) is 0.655.